The maximum atomic E-state index is 12.1. The van der Waals surface area contributed by atoms with E-state index in [9.17, 15) is 13.7 Å². The summed E-state index contributed by atoms with van der Waals surface area (Å²) in [6.07, 6.45) is 2.10. The number of oxazole rings is 1. The Kier molecular flexibility index (Phi) is 5.27. The van der Waals surface area contributed by atoms with Gasteiger partial charge >= 0.3 is 0 Å². The van der Waals surface area contributed by atoms with Gasteiger partial charge in [0.05, 0.1) is 11.0 Å². The molecule has 9 heteroatoms. The average molecular weight is 376 g/mol. The number of hydrogen-bond donors (Lipinski definition) is 1. The van der Waals surface area contributed by atoms with Crippen molar-refractivity contribution >= 4 is 15.9 Å². The first kappa shape index (κ1) is 18.4. The van der Waals surface area contributed by atoms with Crippen molar-refractivity contribution in [2.75, 3.05) is 32.6 Å². The zero-order valence-electron chi connectivity index (χ0n) is 14.6. The summed E-state index contributed by atoms with van der Waals surface area (Å²) in [5.74, 6) is 0.549. The van der Waals surface area contributed by atoms with E-state index < -0.39 is 10.0 Å². The summed E-state index contributed by atoms with van der Waals surface area (Å²) in [6, 6.07) is 8.18. The minimum atomic E-state index is -3.50. The molecule has 1 saturated heterocycles. The molecule has 1 aromatic carbocycles. The van der Waals surface area contributed by atoms with Gasteiger partial charge in [0.1, 0.15) is 6.07 Å². The molecule has 1 fully saturated rings. The van der Waals surface area contributed by atoms with Gasteiger partial charge in [-0.3, -0.25) is 0 Å². The van der Waals surface area contributed by atoms with E-state index in [0.717, 1.165) is 23.8 Å². The molecular weight excluding hydrogens is 356 g/mol. The molecule has 1 aliphatic rings. The molecule has 1 aliphatic heterocycles. The topological polar surface area (TPSA) is 108 Å². The second kappa shape index (κ2) is 7.45. The molecule has 0 amide bonds. The number of nitrogens with one attached hydrogen (secondary N) is 1. The molecule has 0 saturated carbocycles. The van der Waals surface area contributed by atoms with Crippen LogP contribution >= 0.6 is 0 Å². The van der Waals surface area contributed by atoms with Gasteiger partial charge in [0, 0.05) is 32.8 Å². The van der Waals surface area contributed by atoms with Crippen LogP contribution in [-0.4, -0.2) is 51.1 Å². The average Bonchev–Trinajstić information content (AvgIpc) is 3.29. The molecule has 1 atom stereocenters. The van der Waals surface area contributed by atoms with Crippen LogP contribution in [0.2, 0.25) is 0 Å². The molecule has 0 bridgehead atoms. The first-order valence-corrected chi connectivity index (χ1v) is 9.65. The lowest BCUT2D eigenvalue weighted by Crippen LogP contribution is -2.22. The quantitative estimate of drug-likeness (QED) is 0.822. The van der Waals surface area contributed by atoms with Gasteiger partial charge in [-0.25, -0.2) is 12.7 Å². The summed E-state index contributed by atoms with van der Waals surface area (Å²) in [7, 11) is -0.548. The summed E-state index contributed by atoms with van der Waals surface area (Å²) in [4.78, 5) is 4.36. The lowest BCUT2D eigenvalue weighted by molar-refractivity contribution is 0.120. The van der Waals surface area contributed by atoms with Crippen LogP contribution < -0.4 is 5.32 Å². The van der Waals surface area contributed by atoms with Crippen molar-refractivity contribution in [2.24, 2.45) is 0 Å². The Hall–Kier alpha value is -2.41. The number of nitrogens with zero attached hydrogens (tertiary/aromatic N) is 3. The van der Waals surface area contributed by atoms with Crippen molar-refractivity contribution in [1.82, 2.24) is 9.29 Å². The fraction of sp³-hybridized carbons (Fsp3) is 0.412. The first-order chi connectivity index (χ1) is 12.4. The first-order valence-electron chi connectivity index (χ1n) is 8.21. The largest absolute Gasteiger partial charge is 0.419 e. The van der Waals surface area contributed by atoms with Crippen LogP contribution in [0.25, 0.3) is 11.5 Å². The molecule has 1 N–H and O–H groups in total. The van der Waals surface area contributed by atoms with Crippen molar-refractivity contribution in [3.63, 3.8) is 0 Å². The van der Waals surface area contributed by atoms with Crippen molar-refractivity contribution in [2.45, 2.75) is 23.8 Å². The van der Waals surface area contributed by atoms with E-state index in [2.05, 4.69) is 10.3 Å². The molecular formula is C17H20N4O4S. The number of anilines is 1. The molecule has 26 heavy (non-hydrogen) atoms. The van der Waals surface area contributed by atoms with E-state index in [1.807, 2.05) is 6.07 Å². The van der Waals surface area contributed by atoms with Crippen molar-refractivity contribution < 1.29 is 17.6 Å². The van der Waals surface area contributed by atoms with E-state index in [0.29, 0.717) is 18.0 Å². The number of benzene rings is 1. The minimum absolute atomic E-state index is 0.102. The van der Waals surface area contributed by atoms with Crippen LogP contribution in [0.1, 0.15) is 18.5 Å². The van der Waals surface area contributed by atoms with E-state index >= 15 is 0 Å². The normalized spacial score (nSPS) is 17.4. The molecule has 1 aromatic heterocycles. The molecule has 1 unspecified atom stereocenters. The van der Waals surface area contributed by atoms with Gasteiger partial charge in [0.2, 0.25) is 27.5 Å². The summed E-state index contributed by atoms with van der Waals surface area (Å²) in [5.41, 5.74) is 0.743. The Bertz CT molecular complexity index is 907. The van der Waals surface area contributed by atoms with Crippen LogP contribution in [0.15, 0.2) is 33.6 Å². The Labute approximate surface area is 152 Å². The Balaban J connectivity index is 1.80. The van der Waals surface area contributed by atoms with Crippen LogP contribution in [0.4, 0.5) is 5.88 Å². The standard InChI is InChI=1S/C17H20N4O4S/c1-21(2)26(22,23)14-7-5-12(6-8-14)16-20-15(10-18)17(25-16)19-11-13-4-3-9-24-13/h5-8,13,19H,3-4,9,11H2,1-2H3. The van der Waals surface area contributed by atoms with E-state index in [4.69, 9.17) is 9.15 Å². The molecule has 0 aliphatic carbocycles. The molecule has 138 valence electrons. The Morgan fingerprint density at radius 3 is 2.65 bits per heavy atom. The van der Waals surface area contributed by atoms with Crippen molar-refractivity contribution in [1.29, 1.82) is 5.26 Å². The zero-order chi connectivity index (χ0) is 18.7. The Morgan fingerprint density at radius 2 is 2.08 bits per heavy atom. The number of rotatable bonds is 6. The van der Waals surface area contributed by atoms with Gasteiger partial charge in [0.15, 0.2) is 0 Å². The van der Waals surface area contributed by atoms with Crippen LogP contribution in [0.3, 0.4) is 0 Å². The molecule has 0 spiro atoms. The third-order valence-corrected chi connectivity index (χ3v) is 5.96. The molecule has 0 radical (unpaired) electrons. The highest BCUT2D eigenvalue weighted by atomic mass is 32.2. The van der Waals surface area contributed by atoms with Gasteiger partial charge in [-0.2, -0.15) is 10.2 Å². The smallest absolute Gasteiger partial charge is 0.242 e. The van der Waals surface area contributed by atoms with E-state index in [1.165, 1.54) is 26.2 Å². The number of sulfonamides is 1. The zero-order valence-corrected chi connectivity index (χ0v) is 15.4. The summed E-state index contributed by atoms with van der Waals surface area (Å²) in [6.45, 7) is 1.30. The third kappa shape index (κ3) is 3.72. The summed E-state index contributed by atoms with van der Waals surface area (Å²) in [5, 5.41) is 12.3. The van der Waals surface area contributed by atoms with Gasteiger partial charge < -0.3 is 14.5 Å². The lowest BCUT2D eigenvalue weighted by Gasteiger charge is -2.11. The van der Waals surface area contributed by atoms with E-state index in [-0.39, 0.29) is 22.6 Å². The van der Waals surface area contributed by atoms with Crippen molar-refractivity contribution in [3.8, 4) is 17.5 Å². The maximum absolute atomic E-state index is 12.1. The SMILES string of the molecule is CN(C)S(=O)(=O)c1ccc(-c2nc(C#N)c(NCC3CCCO3)o2)cc1. The molecule has 8 nitrogen and oxygen atoms in total. The predicted molar refractivity (Wildman–Crippen MR) is 95.0 cm³/mol. The fourth-order valence-corrected chi connectivity index (χ4v) is 3.53. The maximum Gasteiger partial charge on any atom is 0.242 e. The van der Waals surface area contributed by atoms with Crippen LogP contribution in [0, 0.1) is 11.3 Å². The van der Waals surface area contributed by atoms with Crippen LogP contribution in [0.5, 0.6) is 0 Å². The third-order valence-electron chi connectivity index (χ3n) is 4.13. The molecule has 2 aromatic rings. The second-order valence-corrected chi connectivity index (χ2v) is 8.29. The van der Waals surface area contributed by atoms with Gasteiger partial charge in [-0.15, -0.1) is 0 Å². The summed E-state index contributed by atoms with van der Waals surface area (Å²) < 4.78 is 36.6. The number of nitriles is 1. The second-order valence-electron chi connectivity index (χ2n) is 6.14. The van der Waals surface area contributed by atoms with E-state index in [1.54, 1.807) is 12.1 Å². The number of hydrogen-bond acceptors (Lipinski definition) is 7. The van der Waals surface area contributed by atoms with Crippen molar-refractivity contribution in [3.05, 3.63) is 30.0 Å². The summed E-state index contributed by atoms with van der Waals surface area (Å²) >= 11 is 0. The lowest BCUT2D eigenvalue weighted by atomic mass is 10.2. The van der Waals surface area contributed by atoms with Gasteiger partial charge in [0.25, 0.3) is 0 Å². The number of ether oxygens (including phenoxy) is 1. The predicted octanol–water partition coefficient (Wildman–Crippen LogP) is 2.05. The van der Waals surface area contributed by atoms with Gasteiger partial charge in [-0.1, -0.05) is 0 Å². The highest BCUT2D eigenvalue weighted by Gasteiger charge is 2.20. The Morgan fingerprint density at radius 1 is 1.35 bits per heavy atom. The highest BCUT2D eigenvalue weighted by molar-refractivity contribution is 7.89. The minimum Gasteiger partial charge on any atom is -0.419 e. The van der Waals surface area contributed by atoms with Gasteiger partial charge in [-0.05, 0) is 37.1 Å². The molecule has 3 rings (SSSR count). The monoisotopic (exact) mass is 376 g/mol. The van der Waals surface area contributed by atoms with Crippen LogP contribution in [-0.2, 0) is 14.8 Å². The molecule has 2 heterocycles. The highest BCUT2D eigenvalue weighted by Crippen LogP contribution is 2.27. The fourth-order valence-electron chi connectivity index (χ4n) is 2.63. The number of aromatic nitrogens is 1.